The number of phenols is 2. The molecule has 0 aromatic heterocycles. The van der Waals surface area contributed by atoms with Crippen LogP contribution in [0.3, 0.4) is 0 Å². The van der Waals surface area contributed by atoms with Gasteiger partial charge in [0.1, 0.15) is 11.5 Å². The number of phenolic OH excluding ortho intramolecular Hbond substituents is 2. The van der Waals surface area contributed by atoms with Gasteiger partial charge in [0.25, 0.3) is 0 Å². The Hall–Kier alpha value is -4.48. The molecule has 40 heavy (non-hydrogen) atoms. The average Bonchev–Trinajstić information content (AvgIpc) is 3.23. The molecule has 4 nitrogen and oxygen atoms in total. The van der Waals surface area contributed by atoms with E-state index < -0.39 is 5.41 Å². The number of hydrogen-bond acceptors (Lipinski definition) is 4. The SMILES string of the molecule is CC(=O)c1cc(C2(c3ccc(O)c(C(C)=O)c3)c3cc(Br)ccc3-c3ccc(-c4ccccc4)cc32)ccc1O. The van der Waals surface area contributed by atoms with E-state index in [0.29, 0.717) is 0 Å². The molecule has 0 bridgehead atoms. The Kier molecular flexibility index (Phi) is 6.20. The molecule has 0 aliphatic heterocycles. The number of Topliss-reactive ketones (excluding diaryl/α,β-unsaturated/α-hetero) is 2. The van der Waals surface area contributed by atoms with Crippen molar-refractivity contribution in [3.05, 3.63) is 141 Å². The molecule has 0 saturated heterocycles. The van der Waals surface area contributed by atoms with E-state index in [1.807, 2.05) is 36.4 Å². The first-order valence-corrected chi connectivity index (χ1v) is 13.7. The summed E-state index contributed by atoms with van der Waals surface area (Å²) in [5.41, 5.74) is 7.05. The van der Waals surface area contributed by atoms with Crippen LogP contribution >= 0.6 is 15.9 Å². The molecule has 0 fully saturated rings. The Labute approximate surface area is 240 Å². The third kappa shape index (κ3) is 3.89. The van der Waals surface area contributed by atoms with E-state index in [4.69, 9.17) is 0 Å². The third-order valence-corrected chi connectivity index (χ3v) is 8.32. The first-order chi connectivity index (χ1) is 19.2. The summed E-state index contributed by atoms with van der Waals surface area (Å²) in [5, 5.41) is 21.2. The van der Waals surface area contributed by atoms with Crippen molar-refractivity contribution in [1.29, 1.82) is 0 Å². The molecule has 0 unspecified atom stereocenters. The van der Waals surface area contributed by atoms with Gasteiger partial charge in [0, 0.05) is 4.47 Å². The molecule has 0 radical (unpaired) electrons. The zero-order valence-electron chi connectivity index (χ0n) is 21.9. The number of ketones is 2. The lowest BCUT2D eigenvalue weighted by Gasteiger charge is -2.35. The van der Waals surface area contributed by atoms with Crippen molar-refractivity contribution in [3.63, 3.8) is 0 Å². The monoisotopic (exact) mass is 588 g/mol. The van der Waals surface area contributed by atoms with Gasteiger partial charge in [0.2, 0.25) is 0 Å². The van der Waals surface area contributed by atoms with Gasteiger partial charge in [-0.05, 0) is 101 Å². The van der Waals surface area contributed by atoms with Gasteiger partial charge in [-0.15, -0.1) is 0 Å². The van der Waals surface area contributed by atoms with Crippen LogP contribution in [0.2, 0.25) is 0 Å². The molecule has 2 N–H and O–H groups in total. The number of halogens is 1. The van der Waals surface area contributed by atoms with Crippen molar-refractivity contribution in [1.82, 2.24) is 0 Å². The third-order valence-electron chi connectivity index (χ3n) is 7.82. The maximum absolute atomic E-state index is 12.6. The van der Waals surface area contributed by atoms with Crippen LogP contribution in [0.4, 0.5) is 0 Å². The second-order valence-electron chi connectivity index (χ2n) is 10.1. The van der Waals surface area contributed by atoms with E-state index in [2.05, 4.69) is 58.4 Å². The minimum Gasteiger partial charge on any atom is -0.507 e. The highest BCUT2D eigenvalue weighted by Gasteiger charge is 2.47. The molecule has 0 saturated carbocycles. The first-order valence-electron chi connectivity index (χ1n) is 12.9. The Morgan fingerprint density at radius 2 is 1.12 bits per heavy atom. The predicted molar refractivity (Wildman–Crippen MR) is 160 cm³/mol. The summed E-state index contributed by atoms with van der Waals surface area (Å²) < 4.78 is 0.878. The van der Waals surface area contributed by atoms with E-state index in [-0.39, 0.29) is 34.2 Å². The molecule has 5 aromatic rings. The highest BCUT2D eigenvalue weighted by Crippen LogP contribution is 2.58. The van der Waals surface area contributed by atoms with Crippen molar-refractivity contribution in [2.75, 3.05) is 0 Å². The summed E-state index contributed by atoms with van der Waals surface area (Å²) in [7, 11) is 0. The van der Waals surface area contributed by atoms with Crippen molar-refractivity contribution in [2.45, 2.75) is 19.3 Å². The fraction of sp³-hybridized carbons (Fsp3) is 0.0857. The average molecular weight is 589 g/mol. The molecule has 6 rings (SSSR count). The summed E-state index contributed by atoms with van der Waals surface area (Å²) in [6.45, 7) is 2.86. The summed E-state index contributed by atoms with van der Waals surface area (Å²) in [6.07, 6.45) is 0. The van der Waals surface area contributed by atoms with Gasteiger partial charge < -0.3 is 10.2 Å². The Morgan fingerprint density at radius 3 is 1.68 bits per heavy atom. The smallest absolute Gasteiger partial charge is 0.163 e. The summed E-state index contributed by atoms with van der Waals surface area (Å²) in [6, 6.07) is 32.9. The van der Waals surface area contributed by atoms with Gasteiger partial charge in [0.15, 0.2) is 11.6 Å². The lowest BCUT2D eigenvalue weighted by Crippen LogP contribution is -2.29. The second kappa shape index (κ2) is 9.61. The maximum atomic E-state index is 12.6. The number of carbonyl (C=O) groups is 2. The van der Waals surface area contributed by atoms with E-state index in [0.717, 1.165) is 49.0 Å². The Bertz CT molecular complexity index is 1780. The molecule has 1 aliphatic carbocycles. The minimum atomic E-state index is -0.963. The topological polar surface area (TPSA) is 74.6 Å². The number of rotatable bonds is 5. The molecule has 0 heterocycles. The quantitative estimate of drug-likeness (QED) is 0.199. The van der Waals surface area contributed by atoms with Gasteiger partial charge in [-0.3, -0.25) is 9.59 Å². The van der Waals surface area contributed by atoms with Crippen molar-refractivity contribution in [2.24, 2.45) is 0 Å². The number of hydrogen-bond donors (Lipinski definition) is 2. The van der Waals surface area contributed by atoms with Gasteiger partial charge in [-0.1, -0.05) is 76.6 Å². The van der Waals surface area contributed by atoms with E-state index >= 15 is 0 Å². The van der Waals surface area contributed by atoms with Gasteiger partial charge in [-0.2, -0.15) is 0 Å². The molecular formula is C35H25BrO4. The van der Waals surface area contributed by atoms with Gasteiger partial charge in [0.05, 0.1) is 16.5 Å². The van der Waals surface area contributed by atoms with Gasteiger partial charge in [-0.25, -0.2) is 0 Å². The minimum absolute atomic E-state index is 0.0905. The fourth-order valence-electron chi connectivity index (χ4n) is 6.00. The highest BCUT2D eigenvalue weighted by atomic mass is 79.9. The van der Waals surface area contributed by atoms with Crippen LogP contribution in [0.1, 0.15) is 56.8 Å². The fourth-order valence-corrected chi connectivity index (χ4v) is 6.36. The first kappa shape index (κ1) is 25.8. The number of benzene rings is 5. The summed E-state index contributed by atoms with van der Waals surface area (Å²) >= 11 is 3.67. The van der Waals surface area contributed by atoms with Crippen LogP contribution in [0.15, 0.2) is 108 Å². The lowest BCUT2D eigenvalue weighted by molar-refractivity contribution is 0.100. The van der Waals surface area contributed by atoms with Crippen molar-refractivity contribution < 1.29 is 19.8 Å². The summed E-state index contributed by atoms with van der Waals surface area (Å²) in [5.74, 6) is -0.690. The zero-order chi connectivity index (χ0) is 28.2. The largest absolute Gasteiger partial charge is 0.507 e. The number of aromatic hydroxyl groups is 2. The van der Waals surface area contributed by atoms with Crippen LogP contribution in [0, 0.1) is 0 Å². The lowest BCUT2D eigenvalue weighted by atomic mass is 9.66. The van der Waals surface area contributed by atoms with Crippen LogP contribution in [-0.2, 0) is 5.41 Å². The Balaban J connectivity index is 1.80. The Morgan fingerprint density at radius 1 is 0.600 bits per heavy atom. The molecular weight excluding hydrogens is 564 g/mol. The standard InChI is InChI=1S/C35H25BrO4/c1-20(37)29-17-24(9-14-33(29)39)35(25-10-15-34(40)30(18-25)21(2)38)31-16-23(22-6-4-3-5-7-22)8-12-27(31)28-13-11-26(36)19-32(28)35/h3-19,39-40H,1-2H3. The van der Waals surface area contributed by atoms with Crippen LogP contribution in [0.25, 0.3) is 22.3 Å². The van der Waals surface area contributed by atoms with E-state index in [1.54, 1.807) is 24.3 Å². The molecule has 5 aromatic carbocycles. The maximum Gasteiger partial charge on any atom is 0.163 e. The molecule has 0 spiro atoms. The molecule has 1 aliphatic rings. The van der Waals surface area contributed by atoms with Crippen molar-refractivity contribution in [3.8, 4) is 33.8 Å². The van der Waals surface area contributed by atoms with E-state index in [9.17, 15) is 19.8 Å². The number of fused-ring (bicyclic) bond motifs is 3. The highest BCUT2D eigenvalue weighted by molar-refractivity contribution is 9.10. The van der Waals surface area contributed by atoms with Crippen molar-refractivity contribution >= 4 is 27.5 Å². The zero-order valence-corrected chi connectivity index (χ0v) is 23.5. The molecule has 0 atom stereocenters. The summed E-state index contributed by atoms with van der Waals surface area (Å²) in [4.78, 5) is 25.2. The molecule has 196 valence electrons. The van der Waals surface area contributed by atoms with Crippen LogP contribution in [-0.4, -0.2) is 21.8 Å². The van der Waals surface area contributed by atoms with Crippen LogP contribution < -0.4 is 0 Å². The molecule has 5 heteroatoms. The normalized spacial score (nSPS) is 13.0. The number of carbonyl (C=O) groups excluding carboxylic acids is 2. The van der Waals surface area contributed by atoms with Crippen LogP contribution in [0.5, 0.6) is 11.5 Å². The molecule has 0 amide bonds. The van der Waals surface area contributed by atoms with E-state index in [1.165, 1.54) is 13.8 Å². The second-order valence-corrected chi connectivity index (χ2v) is 11.1. The van der Waals surface area contributed by atoms with Gasteiger partial charge >= 0.3 is 0 Å². The predicted octanol–water partition coefficient (Wildman–Crippen LogP) is 8.30.